The number of ether oxygens (including phenoxy) is 1. The van der Waals surface area contributed by atoms with Crippen molar-refractivity contribution in [2.75, 3.05) is 13.2 Å². The first kappa shape index (κ1) is 18.7. The summed E-state index contributed by atoms with van der Waals surface area (Å²) in [6.07, 6.45) is 3.01. The second-order valence-corrected chi connectivity index (χ2v) is 4.68. The maximum absolute atomic E-state index is 11.3. The largest absolute Gasteiger partial charge is 0.494 e. The first-order valence-electron chi connectivity index (χ1n) is 6.88. The van der Waals surface area contributed by atoms with Crippen molar-refractivity contribution in [3.8, 4) is 5.75 Å². The first-order valence-corrected chi connectivity index (χ1v) is 6.88. The van der Waals surface area contributed by atoms with Crippen molar-refractivity contribution in [1.82, 2.24) is 5.32 Å². The summed E-state index contributed by atoms with van der Waals surface area (Å²) >= 11 is 0. The topological polar surface area (TPSA) is 64.3 Å². The third kappa shape index (κ3) is 7.36. The molecule has 1 aromatic rings. The summed E-state index contributed by atoms with van der Waals surface area (Å²) in [4.78, 5) is 11.3. The number of benzene rings is 1. The molecule has 0 radical (unpaired) electrons. The maximum atomic E-state index is 11.3. The van der Waals surface area contributed by atoms with Crippen LogP contribution < -0.4 is 15.8 Å². The van der Waals surface area contributed by atoms with Gasteiger partial charge in [0.05, 0.1) is 12.6 Å². The van der Waals surface area contributed by atoms with Gasteiger partial charge in [-0.25, -0.2) is 0 Å². The van der Waals surface area contributed by atoms with Crippen molar-refractivity contribution in [2.24, 2.45) is 5.73 Å². The van der Waals surface area contributed by atoms with Crippen molar-refractivity contribution in [3.63, 3.8) is 0 Å². The van der Waals surface area contributed by atoms with Crippen LogP contribution in [0.2, 0.25) is 0 Å². The van der Waals surface area contributed by atoms with E-state index in [1.807, 2.05) is 24.3 Å². The number of unbranched alkanes of at least 4 members (excludes halogenated alkanes) is 1. The monoisotopic (exact) mass is 300 g/mol. The molecule has 5 heteroatoms. The lowest BCUT2D eigenvalue weighted by molar-refractivity contribution is -0.121. The van der Waals surface area contributed by atoms with Crippen LogP contribution in [0.25, 0.3) is 0 Å². The summed E-state index contributed by atoms with van der Waals surface area (Å²) < 4.78 is 5.59. The molecule has 0 aliphatic rings. The zero-order valence-electron chi connectivity index (χ0n) is 12.2. The van der Waals surface area contributed by atoms with Gasteiger partial charge >= 0.3 is 0 Å². The number of rotatable bonds is 8. The Bertz CT molecular complexity index is 380. The standard InChI is InChI=1S/C15H24N2O2.ClH/c1-3-4-11-19-14-7-5-13(6-8-14)9-10-17-15(18)12(2)16;/h5-8,12H,3-4,9-11,16H2,1-2H3,(H,17,18);1H. The van der Waals surface area contributed by atoms with Crippen molar-refractivity contribution in [3.05, 3.63) is 29.8 Å². The molecule has 1 amide bonds. The van der Waals surface area contributed by atoms with Crippen LogP contribution >= 0.6 is 12.4 Å². The summed E-state index contributed by atoms with van der Waals surface area (Å²) in [5, 5.41) is 2.79. The van der Waals surface area contributed by atoms with E-state index in [1.165, 1.54) is 5.56 Å². The molecular weight excluding hydrogens is 276 g/mol. The number of carbonyl (C=O) groups is 1. The van der Waals surface area contributed by atoms with Gasteiger partial charge in [0.25, 0.3) is 0 Å². The molecular formula is C15H25ClN2O2. The van der Waals surface area contributed by atoms with Crippen molar-refractivity contribution in [2.45, 2.75) is 39.2 Å². The first-order chi connectivity index (χ1) is 9.13. The van der Waals surface area contributed by atoms with Gasteiger partial charge in [0.2, 0.25) is 5.91 Å². The fraction of sp³-hybridized carbons (Fsp3) is 0.533. The fourth-order valence-corrected chi connectivity index (χ4v) is 1.58. The molecule has 1 unspecified atom stereocenters. The predicted molar refractivity (Wildman–Crippen MR) is 84.5 cm³/mol. The summed E-state index contributed by atoms with van der Waals surface area (Å²) in [5.74, 6) is 0.788. The number of amides is 1. The molecule has 1 aromatic carbocycles. The molecule has 1 rings (SSSR count). The Kier molecular flexibility index (Phi) is 9.86. The van der Waals surface area contributed by atoms with Gasteiger partial charge in [-0.05, 0) is 37.5 Å². The van der Waals surface area contributed by atoms with Gasteiger partial charge in [-0.1, -0.05) is 25.5 Å². The van der Waals surface area contributed by atoms with E-state index in [0.717, 1.165) is 31.6 Å². The lowest BCUT2D eigenvalue weighted by Crippen LogP contribution is -2.39. The van der Waals surface area contributed by atoms with E-state index >= 15 is 0 Å². The Morgan fingerprint density at radius 1 is 1.35 bits per heavy atom. The van der Waals surface area contributed by atoms with Gasteiger partial charge in [0.15, 0.2) is 0 Å². The molecule has 0 heterocycles. The summed E-state index contributed by atoms with van der Waals surface area (Å²) in [6, 6.07) is 7.55. The molecule has 0 aromatic heterocycles. The van der Waals surface area contributed by atoms with Gasteiger partial charge in [-0.2, -0.15) is 0 Å². The molecule has 0 fully saturated rings. The second-order valence-electron chi connectivity index (χ2n) is 4.68. The van der Waals surface area contributed by atoms with Gasteiger partial charge in [-0.3, -0.25) is 4.79 Å². The number of nitrogens with two attached hydrogens (primary N) is 1. The highest BCUT2D eigenvalue weighted by Crippen LogP contribution is 2.12. The number of hydrogen-bond acceptors (Lipinski definition) is 3. The average Bonchev–Trinajstić information content (AvgIpc) is 2.40. The van der Waals surface area contributed by atoms with E-state index in [4.69, 9.17) is 10.5 Å². The highest BCUT2D eigenvalue weighted by atomic mass is 35.5. The molecule has 114 valence electrons. The van der Waals surface area contributed by atoms with E-state index in [2.05, 4.69) is 12.2 Å². The Morgan fingerprint density at radius 3 is 2.55 bits per heavy atom. The summed E-state index contributed by atoms with van der Waals surface area (Å²) in [6.45, 7) is 5.19. The van der Waals surface area contributed by atoms with E-state index in [0.29, 0.717) is 6.54 Å². The van der Waals surface area contributed by atoms with Crippen LogP contribution in [0.3, 0.4) is 0 Å². The molecule has 0 aliphatic carbocycles. The number of nitrogens with one attached hydrogen (secondary N) is 1. The Hall–Kier alpha value is -1.26. The highest BCUT2D eigenvalue weighted by Gasteiger charge is 2.05. The Morgan fingerprint density at radius 2 is 2.00 bits per heavy atom. The minimum absolute atomic E-state index is 0. The van der Waals surface area contributed by atoms with Gasteiger partial charge in [0.1, 0.15) is 5.75 Å². The molecule has 4 nitrogen and oxygen atoms in total. The number of carbonyl (C=O) groups excluding carboxylic acids is 1. The Balaban J connectivity index is 0.00000361. The van der Waals surface area contributed by atoms with Gasteiger partial charge in [-0.15, -0.1) is 12.4 Å². The molecule has 0 saturated carbocycles. The predicted octanol–water partition coefficient (Wildman–Crippen LogP) is 2.29. The van der Waals surface area contributed by atoms with E-state index in [9.17, 15) is 4.79 Å². The van der Waals surface area contributed by atoms with Crippen LogP contribution in [0.4, 0.5) is 0 Å². The van der Waals surface area contributed by atoms with Gasteiger partial charge < -0.3 is 15.8 Å². The van der Waals surface area contributed by atoms with Crippen molar-refractivity contribution in [1.29, 1.82) is 0 Å². The summed E-state index contributed by atoms with van der Waals surface area (Å²) in [7, 11) is 0. The minimum atomic E-state index is -0.450. The SMILES string of the molecule is CCCCOc1ccc(CCNC(=O)C(C)N)cc1.Cl. The smallest absolute Gasteiger partial charge is 0.236 e. The third-order valence-corrected chi connectivity index (χ3v) is 2.82. The fourth-order valence-electron chi connectivity index (χ4n) is 1.58. The normalized spacial score (nSPS) is 11.3. The van der Waals surface area contributed by atoms with Crippen LogP contribution in [0, 0.1) is 0 Å². The number of hydrogen-bond donors (Lipinski definition) is 2. The van der Waals surface area contributed by atoms with Crippen LogP contribution in [-0.2, 0) is 11.2 Å². The van der Waals surface area contributed by atoms with Crippen molar-refractivity contribution < 1.29 is 9.53 Å². The zero-order chi connectivity index (χ0) is 14.1. The lowest BCUT2D eigenvalue weighted by atomic mass is 10.1. The molecule has 1 atom stereocenters. The zero-order valence-corrected chi connectivity index (χ0v) is 13.0. The lowest BCUT2D eigenvalue weighted by Gasteiger charge is -2.09. The van der Waals surface area contributed by atoms with Crippen LogP contribution in [-0.4, -0.2) is 25.1 Å². The quantitative estimate of drug-likeness (QED) is 0.724. The third-order valence-electron chi connectivity index (χ3n) is 2.82. The Labute approximate surface area is 127 Å². The molecule has 0 saturated heterocycles. The minimum Gasteiger partial charge on any atom is -0.494 e. The molecule has 0 aliphatic heterocycles. The van der Waals surface area contributed by atoms with Crippen LogP contribution in [0.15, 0.2) is 24.3 Å². The number of halogens is 1. The molecule has 0 bridgehead atoms. The molecule has 20 heavy (non-hydrogen) atoms. The van der Waals surface area contributed by atoms with Crippen LogP contribution in [0.5, 0.6) is 5.75 Å². The van der Waals surface area contributed by atoms with E-state index < -0.39 is 6.04 Å². The molecule has 3 N–H and O–H groups in total. The summed E-state index contributed by atoms with van der Waals surface area (Å²) in [5.41, 5.74) is 6.64. The van der Waals surface area contributed by atoms with E-state index in [1.54, 1.807) is 6.92 Å². The maximum Gasteiger partial charge on any atom is 0.236 e. The van der Waals surface area contributed by atoms with Crippen molar-refractivity contribution >= 4 is 18.3 Å². The van der Waals surface area contributed by atoms with Gasteiger partial charge in [0, 0.05) is 6.54 Å². The van der Waals surface area contributed by atoms with Crippen LogP contribution in [0.1, 0.15) is 32.3 Å². The molecule has 0 spiro atoms. The van der Waals surface area contributed by atoms with E-state index in [-0.39, 0.29) is 18.3 Å². The second kappa shape index (κ2) is 10.5. The highest BCUT2D eigenvalue weighted by molar-refractivity contribution is 5.85. The average molecular weight is 301 g/mol.